The van der Waals surface area contributed by atoms with Crippen LogP contribution in [-0.2, 0) is 4.79 Å². The van der Waals surface area contributed by atoms with Crippen LogP contribution in [0.4, 0.5) is 0 Å². The van der Waals surface area contributed by atoms with Crippen molar-refractivity contribution < 1.29 is 9.90 Å². The lowest BCUT2D eigenvalue weighted by atomic mass is 9.44. The number of aliphatic hydroxyl groups excluding tert-OH is 1. The van der Waals surface area contributed by atoms with E-state index in [0.717, 1.165) is 30.6 Å². The van der Waals surface area contributed by atoms with Crippen molar-refractivity contribution in [2.24, 2.45) is 40.4 Å². The molecule has 0 aromatic carbocycles. The van der Waals surface area contributed by atoms with Crippen molar-refractivity contribution in [1.29, 1.82) is 0 Å². The molecule has 0 bridgehead atoms. The third kappa shape index (κ3) is 3.79. The van der Waals surface area contributed by atoms with Crippen LogP contribution in [0.25, 0.3) is 0 Å². The predicted molar refractivity (Wildman–Crippen MR) is 118 cm³/mol. The van der Waals surface area contributed by atoms with Crippen molar-refractivity contribution in [2.45, 2.75) is 117 Å². The van der Waals surface area contributed by atoms with Gasteiger partial charge in [-0.15, -0.1) is 0 Å². The van der Waals surface area contributed by atoms with Crippen LogP contribution in [0.5, 0.6) is 0 Å². The summed E-state index contributed by atoms with van der Waals surface area (Å²) in [5, 5.41) is 14.3. The third-order valence-corrected chi connectivity index (χ3v) is 10.2. The van der Waals surface area contributed by atoms with Gasteiger partial charge in [0, 0.05) is 12.5 Å². The van der Waals surface area contributed by atoms with E-state index in [4.69, 9.17) is 0 Å². The maximum absolute atomic E-state index is 12.0. The Morgan fingerprint density at radius 2 is 1.79 bits per heavy atom. The fraction of sp³-hybridized carbons (Fsp3) is 0.962. The Labute approximate surface area is 178 Å². The Morgan fingerprint density at radius 1 is 1.03 bits per heavy atom. The summed E-state index contributed by atoms with van der Waals surface area (Å²) in [5.74, 6) is 3.68. The second-order valence-corrected chi connectivity index (χ2v) is 12.0. The Balaban J connectivity index is 1.43. The van der Waals surface area contributed by atoms with E-state index < -0.39 is 0 Å². The molecule has 4 aliphatic carbocycles. The zero-order valence-corrected chi connectivity index (χ0v) is 19.4. The number of hydrogen-bond donors (Lipinski definition) is 2. The quantitative estimate of drug-likeness (QED) is 0.618. The van der Waals surface area contributed by atoms with Crippen LogP contribution in [-0.4, -0.2) is 23.2 Å². The van der Waals surface area contributed by atoms with Crippen molar-refractivity contribution >= 4 is 5.91 Å². The number of amides is 1. The van der Waals surface area contributed by atoms with Crippen molar-refractivity contribution in [1.82, 2.24) is 5.32 Å². The molecule has 166 valence electrons. The van der Waals surface area contributed by atoms with E-state index >= 15 is 0 Å². The minimum absolute atomic E-state index is 0.0728. The third-order valence-electron chi connectivity index (χ3n) is 10.2. The minimum Gasteiger partial charge on any atom is -0.393 e. The molecule has 0 radical (unpaired) electrons. The van der Waals surface area contributed by atoms with Crippen LogP contribution in [0.3, 0.4) is 0 Å². The van der Waals surface area contributed by atoms with Gasteiger partial charge in [0.1, 0.15) is 0 Å². The summed E-state index contributed by atoms with van der Waals surface area (Å²) < 4.78 is 0. The molecule has 0 saturated heterocycles. The summed E-state index contributed by atoms with van der Waals surface area (Å²) in [6.45, 7) is 9.20. The molecule has 1 amide bonds. The molecule has 0 aromatic rings. The largest absolute Gasteiger partial charge is 0.393 e. The van der Waals surface area contributed by atoms with Crippen LogP contribution < -0.4 is 5.32 Å². The van der Waals surface area contributed by atoms with Crippen LogP contribution >= 0.6 is 0 Å². The number of aliphatic hydroxyl groups is 1. The number of nitrogens with one attached hydrogen (secondary N) is 1. The number of fused-ring (bicyclic) bond motifs is 5. The highest BCUT2D eigenvalue weighted by Crippen LogP contribution is 2.67. The summed E-state index contributed by atoms with van der Waals surface area (Å²) in [4.78, 5) is 12.0. The van der Waals surface area contributed by atoms with Crippen molar-refractivity contribution in [3.05, 3.63) is 0 Å². The van der Waals surface area contributed by atoms with Gasteiger partial charge in [-0.1, -0.05) is 26.7 Å². The molecular formula is C26H45NO2. The van der Waals surface area contributed by atoms with Gasteiger partial charge in [-0.3, -0.25) is 4.79 Å². The zero-order chi connectivity index (χ0) is 20.8. The molecule has 2 N–H and O–H groups in total. The molecule has 4 saturated carbocycles. The van der Waals surface area contributed by atoms with Gasteiger partial charge in [0.25, 0.3) is 0 Å². The minimum atomic E-state index is -0.0728. The molecule has 3 nitrogen and oxygen atoms in total. The Hall–Kier alpha value is -0.570. The lowest BCUT2D eigenvalue weighted by Gasteiger charge is -2.62. The van der Waals surface area contributed by atoms with Gasteiger partial charge in [0.05, 0.1) is 6.10 Å². The van der Waals surface area contributed by atoms with E-state index in [1.807, 2.05) is 13.8 Å². The SMILES string of the molecule is CC(C)NC(=O)CCCC1CCC2C3C(O)CC4CCCCC4(C)C3CCC12C. The smallest absolute Gasteiger partial charge is 0.220 e. The van der Waals surface area contributed by atoms with Gasteiger partial charge in [-0.25, -0.2) is 0 Å². The number of hydrogen-bond acceptors (Lipinski definition) is 2. The van der Waals surface area contributed by atoms with Crippen LogP contribution in [0, 0.1) is 40.4 Å². The standard InChI is InChI=1S/C26H45NO2/c1-17(2)27-23(29)10-7-9-18-11-12-20-24-21(13-15-26(18,20)4)25(3)14-6-5-8-19(25)16-22(24)28/h17-22,24,28H,5-16H2,1-4H3,(H,27,29). The molecule has 0 aliphatic heterocycles. The molecular weight excluding hydrogens is 358 g/mol. The van der Waals surface area contributed by atoms with E-state index in [-0.39, 0.29) is 18.1 Å². The topological polar surface area (TPSA) is 49.3 Å². The van der Waals surface area contributed by atoms with Crippen molar-refractivity contribution in [3.8, 4) is 0 Å². The number of rotatable bonds is 5. The Morgan fingerprint density at radius 3 is 2.55 bits per heavy atom. The molecule has 3 heteroatoms. The van der Waals surface area contributed by atoms with Gasteiger partial charge in [-0.2, -0.15) is 0 Å². The normalized spacial score (nSPS) is 46.7. The highest BCUT2D eigenvalue weighted by Gasteiger charge is 2.61. The summed E-state index contributed by atoms with van der Waals surface area (Å²) in [7, 11) is 0. The molecule has 4 rings (SSSR count). The second kappa shape index (κ2) is 8.17. The highest BCUT2D eigenvalue weighted by molar-refractivity contribution is 5.76. The first-order valence-electron chi connectivity index (χ1n) is 12.7. The first-order valence-corrected chi connectivity index (χ1v) is 12.7. The molecule has 0 heterocycles. The van der Waals surface area contributed by atoms with Crippen LogP contribution in [0.1, 0.15) is 105 Å². The van der Waals surface area contributed by atoms with E-state index in [2.05, 4.69) is 19.2 Å². The van der Waals surface area contributed by atoms with E-state index in [0.29, 0.717) is 29.1 Å². The zero-order valence-electron chi connectivity index (χ0n) is 19.4. The summed E-state index contributed by atoms with van der Waals surface area (Å²) in [6.07, 6.45) is 14.7. The molecule has 0 aromatic heterocycles. The predicted octanol–water partition coefficient (Wildman–Crippen LogP) is 5.70. The van der Waals surface area contributed by atoms with Gasteiger partial charge >= 0.3 is 0 Å². The molecule has 29 heavy (non-hydrogen) atoms. The van der Waals surface area contributed by atoms with Gasteiger partial charge in [0.15, 0.2) is 0 Å². The monoisotopic (exact) mass is 403 g/mol. The lowest BCUT2D eigenvalue weighted by molar-refractivity contribution is -0.162. The second-order valence-electron chi connectivity index (χ2n) is 12.0. The van der Waals surface area contributed by atoms with Gasteiger partial charge in [0.2, 0.25) is 5.91 Å². The number of carbonyl (C=O) groups is 1. The van der Waals surface area contributed by atoms with Gasteiger partial charge in [-0.05, 0) is 112 Å². The molecule has 8 atom stereocenters. The maximum atomic E-state index is 12.0. The molecule has 0 spiro atoms. The summed E-state index contributed by atoms with van der Waals surface area (Å²) in [6, 6.07) is 0.240. The van der Waals surface area contributed by atoms with E-state index in [1.54, 1.807) is 0 Å². The van der Waals surface area contributed by atoms with Crippen LogP contribution in [0.15, 0.2) is 0 Å². The fourth-order valence-corrected chi connectivity index (χ4v) is 8.74. The maximum Gasteiger partial charge on any atom is 0.220 e. The number of carbonyl (C=O) groups excluding carboxylic acids is 1. The van der Waals surface area contributed by atoms with Crippen molar-refractivity contribution in [3.63, 3.8) is 0 Å². The average molecular weight is 404 g/mol. The Kier molecular flexibility index (Phi) is 6.10. The molecule has 8 unspecified atom stereocenters. The summed E-state index contributed by atoms with van der Waals surface area (Å²) >= 11 is 0. The average Bonchev–Trinajstić information content (AvgIpc) is 2.98. The molecule has 4 fully saturated rings. The summed E-state index contributed by atoms with van der Waals surface area (Å²) in [5.41, 5.74) is 0.866. The first-order chi connectivity index (χ1) is 13.8. The highest BCUT2D eigenvalue weighted by atomic mass is 16.3. The van der Waals surface area contributed by atoms with E-state index in [9.17, 15) is 9.90 Å². The Bertz CT molecular complexity index is 604. The lowest BCUT2D eigenvalue weighted by Crippen LogP contribution is -2.57. The van der Waals surface area contributed by atoms with Gasteiger partial charge < -0.3 is 10.4 Å². The fourth-order valence-electron chi connectivity index (χ4n) is 8.74. The van der Waals surface area contributed by atoms with Crippen LogP contribution in [0.2, 0.25) is 0 Å². The first kappa shape index (κ1) is 21.7. The van der Waals surface area contributed by atoms with E-state index in [1.165, 1.54) is 57.8 Å². The molecule has 4 aliphatic rings. The van der Waals surface area contributed by atoms with Crippen molar-refractivity contribution in [2.75, 3.05) is 0 Å².